The highest BCUT2D eigenvalue weighted by molar-refractivity contribution is 5.83. The Labute approximate surface area is 219 Å². The highest BCUT2D eigenvalue weighted by Gasteiger charge is 2.19. The fourth-order valence-electron chi connectivity index (χ4n) is 4.73. The standard InChI is InChI=1S/C27H32F2N8/c1-5-35-8-10-36(11-9-35)16-19-6-7-24(30-14-19)33-27-31-15-22(29)25(34-27)20-12-21(28)26-23(13-20)37(17(2)3)18(4)32-26/h6-7,12-15,17H,5,8-11,16H2,1-4H3,(H,30,31,33,34)/i6D,7D,14D. The third-order valence-corrected chi connectivity index (χ3v) is 6.62. The molecule has 10 heteroatoms. The third kappa shape index (κ3) is 5.30. The summed E-state index contributed by atoms with van der Waals surface area (Å²) in [6.45, 7) is 12.6. The maximum atomic E-state index is 15.0. The van der Waals surface area contributed by atoms with E-state index in [2.05, 4.69) is 42.0 Å². The maximum absolute atomic E-state index is 15.0. The molecule has 1 aliphatic rings. The number of nitrogens with one attached hydrogen (secondary N) is 1. The second kappa shape index (κ2) is 10.5. The first-order valence-corrected chi connectivity index (χ1v) is 12.5. The second-order valence-corrected chi connectivity index (χ2v) is 9.47. The van der Waals surface area contributed by atoms with E-state index >= 15 is 4.39 Å². The van der Waals surface area contributed by atoms with Gasteiger partial charge in [-0.3, -0.25) is 4.90 Å². The van der Waals surface area contributed by atoms with Gasteiger partial charge < -0.3 is 14.8 Å². The average Bonchev–Trinajstić information content (AvgIpc) is 3.27. The van der Waals surface area contributed by atoms with Crippen molar-refractivity contribution in [3.05, 3.63) is 59.6 Å². The van der Waals surface area contributed by atoms with E-state index in [9.17, 15) is 4.39 Å². The predicted octanol–water partition coefficient (Wildman–Crippen LogP) is 4.94. The summed E-state index contributed by atoms with van der Waals surface area (Å²) in [7, 11) is 0. The molecule has 3 aromatic heterocycles. The van der Waals surface area contributed by atoms with Gasteiger partial charge >= 0.3 is 0 Å². The lowest BCUT2D eigenvalue weighted by Crippen LogP contribution is -2.45. The summed E-state index contributed by atoms with van der Waals surface area (Å²) in [4.78, 5) is 21.2. The van der Waals surface area contributed by atoms with Crippen LogP contribution in [0.5, 0.6) is 0 Å². The minimum Gasteiger partial charge on any atom is -0.326 e. The predicted molar refractivity (Wildman–Crippen MR) is 141 cm³/mol. The monoisotopic (exact) mass is 509 g/mol. The smallest absolute Gasteiger partial charge is 0.229 e. The first-order chi connectivity index (χ1) is 19.1. The Hall–Kier alpha value is -3.50. The Morgan fingerprint density at radius 3 is 2.51 bits per heavy atom. The summed E-state index contributed by atoms with van der Waals surface area (Å²) in [5.41, 5.74) is 1.16. The summed E-state index contributed by atoms with van der Waals surface area (Å²) in [5, 5.41) is 2.76. The molecule has 1 aliphatic heterocycles. The van der Waals surface area contributed by atoms with Gasteiger partial charge in [-0.1, -0.05) is 13.0 Å². The van der Waals surface area contributed by atoms with Crippen LogP contribution < -0.4 is 5.32 Å². The van der Waals surface area contributed by atoms with Crippen molar-refractivity contribution in [1.29, 1.82) is 0 Å². The van der Waals surface area contributed by atoms with E-state index in [-0.39, 0.29) is 52.8 Å². The number of aryl methyl sites for hydroxylation is 1. The number of rotatable bonds is 7. The number of likely N-dealkylation sites (N-methyl/N-ethyl adjacent to an activating group) is 1. The molecule has 0 spiro atoms. The molecule has 37 heavy (non-hydrogen) atoms. The first-order valence-electron chi connectivity index (χ1n) is 14.0. The number of pyridine rings is 1. The van der Waals surface area contributed by atoms with Gasteiger partial charge in [-0.05, 0) is 51.1 Å². The first kappa shape index (κ1) is 21.6. The number of aromatic nitrogens is 5. The van der Waals surface area contributed by atoms with Crippen molar-refractivity contribution in [1.82, 2.24) is 34.3 Å². The van der Waals surface area contributed by atoms with Gasteiger partial charge in [0.25, 0.3) is 0 Å². The maximum Gasteiger partial charge on any atom is 0.229 e. The number of halogens is 2. The molecule has 0 atom stereocenters. The Bertz CT molecular complexity index is 1570. The molecule has 1 saturated heterocycles. The molecule has 4 aromatic rings. The molecule has 0 aliphatic carbocycles. The molecular formula is C27H32F2N8. The zero-order valence-electron chi connectivity index (χ0n) is 24.4. The number of hydrogen-bond donors (Lipinski definition) is 1. The van der Waals surface area contributed by atoms with Crippen molar-refractivity contribution in [3.63, 3.8) is 0 Å². The van der Waals surface area contributed by atoms with Gasteiger partial charge in [0.05, 0.1) is 15.8 Å². The Balaban J connectivity index is 1.44. The van der Waals surface area contributed by atoms with Crippen LogP contribution >= 0.6 is 0 Å². The molecule has 5 rings (SSSR count). The summed E-state index contributed by atoms with van der Waals surface area (Å²) in [6, 6.07) is 2.52. The van der Waals surface area contributed by atoms with Crippen LogP contribution in [-0.2, 0) is 6.54 Å². The number of nitrogens with zero attached hydrogens (tertiary/aromatic N) is 7. The molecule has 8 nitrogen and oxygen atoms in total. The zero-order chi connectivity index (χ0) is 28.7. The fraction of sp³-hybridized carbons (Fsp3) is 0.407. The molecular weight excluding hydrogens is 474 g/mol. The topological polar surface area (TPSA) is 75.0 Å². The van der Waals surface area contributed by atoms with Crippen LogP contribution in [0.3, 0.4) is 0 Å². The lowest BCUT2D eigenvalue weighted by molar-refractivity contribution is 0.132. The number of fused-ring (bicyclic) bond motifs is 1. The number of hydrogen-bond acceptors (Lipinski definition) is 7. The van der Waals surface area contributed by atoms with Crippen LogP contribution in [0, 0.1) is 18.6 Å². The van der Waals surface area contributed by atoms with Crippen LogP contribution in [0.1, 0.15) is 42.3 Å². The lowest BCUT2D eigenvalue weighted by atomic mass is 10.1. The van der Waals surface area contributed by atoms with Crippen LogP contribution in [0.4, 0.5) is 20.5 Å². The van der Waals surface area contributed by atoms with Crippen molar-refractivity contribution < 1.29 is 12.9 Å². The third-order valence-electron chi connectivity index (χ3n) is 6.62. The summed E-state index contributed by atoms with van der Waals surface area (Å²) in [5.74, 6) is -0.876. The Kier molecular flexibility index (Phi) is 6.10. The molecule has 0 amide bonds. The van der Waals surface area contributed by atoms with Gasteiger partial charge in [0, 0.05) is 50.5 Å². The van der Waals surface area contributed by atoms with Crippen LogP contribution in [0.15, 0.2) is 36.6 Å². The number of piperazine rings is 1. The van der Waals surface area contributed by atoms with E-state index in [1.54, 1.807) is 13.0 Å². The summed E-state index contributed by atoms with van der Waals surface area (Å²) < 4.78 is 57.2. The van der Waals surface area contributed by atoms with Gasteiger partial charge in [-0.25, -0.2) is 28.7 Å². The molecule has 194 valence electrons. The Morgan fingerprint density at radius 1 is 1.03 bits per heavy atom. The number of imidazole rings is 1. The highest BCUT2D eigenvalue weighted by Crippen LogP contribution is 2.30. The molecule has 1 aromatic carbocycles. The number of benzene rings is 1. The van der Waals surface area contributed by atoms with Gasteiger partial charge in [-0.15, -0.1) is 0 Å². The van der Waals surface area contributed by atoms with Crippen molar-refractivity contribution in [3.8, 4) is 11.3 Å². The SMILES string of the molecule is [2H]c1nc(Nc2ncc(F)c(-c3cc(F)c4nc(C)n(C(C)C)c4c3)n2)c([2H])c([2H])c1CN1CCN(CC)CC1. The van der Waals surface area contributed by atoms with Gasteiger partial charge in [0.15, 0.2) is 11.6 Å². The molecule has 1 fully saturated rings. The van der Waals surface area contributed by atoms with Crippen LogP contribution in [-0.4, -0.2) is 67.0 Å². The van der Waals surface area contributed by atoms with Crippen molar-refractivity contribution in [2.75, 3.05) is 38.0 Å². The lowest BCUT2D eigenvalue weighted by Gasteiger charge is -2.33. The summed E-state index contributed by atoms with van der Waals surface area (Å²) in [6.07, 6.45) is 0.836. The zero-order valence-corrected chi connectivity index (χ0v) is 21.4. The van der Waals surface area contributed by atoms with E-state index in [1.807, 2.05) is 18.4 Å². The minimum absolute atomic E-state index is 0.00993. The van der Waals surface area contributed by atoms with E-state index in [4.69, 9.17) is 4.11 Å². The van der Waals surface area contributed by atoms with Crippen molar-refractivity contribution >= 4 is 22.8 Å². The molecule has 0 bridgehead atoms. The normalized spacial score (nSPS) is 16.2. The highest BCUT2D eigenvalue weighted by atomic mass is 19.1. The molecule has 0 unspecified atom stereocenters. The largest absolute Gasteiger partial charge is 0.326 e. The summed E-state index contributed by atoms with van der Waals surface area (Å²) >= 11 is 0. The molecule has 0 radical (unpaired) electrons. The van der Waals surface area contributed by atoms with E-state index in [0.29, 0.717) is 23.4 Å². The second-order valence-electron chi connectivity index (χ2n) is 9.47. The molecule has 1 N–H and O–H groups in total. The minimum atomic E-state index is -0.753. The van der Waals surface area contributed by atoms with Crippen molar-refractivity contribution in [2.45, 2.75) is 40.3 Å². The van der Waals surface area contributed by atoms with Gasteiger partial charge in [0.1, 0.15) is 22.9 Å². The van der Waals surface area contributed by atoms with Gasteiger partial charge in [0.2, 0.25) is 5.95 Å². The molecule has 4 heterocycles. The van der Waals surface area contributed by atoms with E-state index < -0.39 is 11.6 Å². The van der Waals surface area contributed by atoms with Crippen molar-refractivity contribution in [2.24, 2.45) is 0 Å². The quantitative estimate of drug-likeness (QED) is 0.378. The van der Waals surface area contributed by atoms with Crippen LogP contribution in [0.25, 0.3) is 22.3 Å². The fourth-order valence-corrected chi connectivity index (χ4v) is 4.73. The average molecular weight is 510 g/mol. The van der Waals surface area contributed by atoms with Gasteiger partial charge in [-0.2, -0.15) is 0 Å². The number of anilines is 2. The Morgan fingerprint density at radius 2 is 1.78 bits per heavy atom. The van der Waals surface area contributed by atoms with E-state index in [0.717, 1.165) is 38.9 Å². The van der Waals surface area contributed by atoms with Crippen LogP contribution in [0.2, 0.25) is 0 Å². The molecule has 0 saturated carbocycles. The van der Waals surface area contributed by atoms with E-state index in [1.165, 1.54) is 6.07 Å².